The molecule has 3 unspecified atom stereocenters. The zero-order chi connectivity index (χ0) is 16.2. The maximum Gasteiger partial charge on any atom is 0.239 e. The van der Waals surface area contributed by atoms with Gasteiger partial charge in [0.25, 0.3) is 0 Å². The number of carbonyl (C=O) groups excluding carboxylic acids is 1. The van der Waals surface area contributed by atoms with Crippen molar-refractivity contribution in [1.82, 2.24) is 16.2 Å². The molecule has 1 saturated carbocycles. The lowest BCUT2D eigenvalue weighted by Crippen LogP contribution is -2.48. The van der Waals surface area contributed by atoms with Crippen molar-refractivity contribution in [3.05, 3.63) is 35.9 Å². The first-order chi connectivity index (χ1) is 11.2. The number of nitrogens with one attached hydrogen (secondary N) is 3. The maximum atomic E-state index is 12.6. The number of aliphatic hydroxyl groups is 1. The van der Waals surface area contributed by atoms with Gasteiger partial charge in [-0.05, 0) is 37.2 Å². The molecule has 0 radical (unpaired) electrons. The highest BCUT2D eigenvalue weighted by Crippen LogP contribution is 2.38. The lowest BCUT2D eigenvalue weighted by Gasteiger charge is -2.38. The van der Waals surface area contributed by atoms with Gasteiger partial charge >= 0.3 is 0 Å². The topological polar surface area (TPSA) is 73.4 Å². The summed E-state index contributed by atoms with van der Waals surface area (Å²) >= 11 is 0. The molecule has 4 N–H and O–H groups in total. The fraction of sp³-hybridized carbons (Fsp3) is 0.611. The molecule has 5 nitrogen and oxygen atoms in total. The van der Waals surface area contributed by atoms with E-state index in [-0.39, 0.29) is 24.1 Å². The molecule has 1 amide bonds. The third kappa shape index (κ3) is 3.91. The Balaban J connectivity index is 1.63. The van der Waals surface area contributed by atoms with Gasteiger partial charge < -0.3 is 10.4 Å². The van der Waals surface area contributed by atoms with Gasteiger partial charge in [-0.25, -0.2) is 5.43 Å². The highest BCUT2D eigenvalue weighted by Gasteiger charge is 2.37. The third-order valence-electron chi connectivity index (χ3n) is 5.01. The van der Waals surface area contributed by atoms with Crippen LogP contribution in [0.2, 0.25) is 0 Å². The summed E-state index contributed by atoms with van der Waals surface area (Å²) in [6, 6.07) is 10.3. The Kier molecular flexibility index (Phi) is 5.30. The van der Waals surface area contributed by atoms with Gasteiger partial charge in [0.05, 0.1) is 12.1 Å². The van der Waals surface area contributed by atoms with E-state index < -0.39 is 0 Å². The molecular formula is C18H27N3O2. The Morgan fingerprint density at radius 1 is 1.26 bits per heavy atom. The highest BCUT2D eigenvalue weighted by atomic mass is 16.3. The van der Waals surface area contributed by atoms with Crippen molar-refractivity contribution in [3.8, 4) is 0 Å². The van der Waals surface area contributed by atoms with Gasteiger partial charge in [-0.15, -0.1) is 0 Å². The van der Waals surface area contributed by atoms with E-state index in [0.29, 0.717) is 12.0 Å². The zero-order valence-corrected chi connectivity index (χ0v) is 13.7. The zero-order valence-electron chi connectivity index (χ0n) is 13.7. The number of rotatable bonds is 6. The Hall–Kier alpha value is -1.43. The van der Waals surface area contributed by atoms with Crippen LogP contribution in [0.15, 0.2) is 30.3 Å². The second-order valence-electron chi connectivity index (χ2n) is 6.84. The Morgan fingerprint density at radius 2 is 2.00 bits per heavy atom. The summed E-state index contributed by atoms with van der Waals surface area (Å²) in [6.07, 6.45) is 4.31. The molecule has 126 valence electrons. The first kappa shape index (κ1) is 16.4. The van der Waals surface area contributed by atoms with E-state index in [0.717, 1.165) is 37.7 Å². The van der Waals surface area contributed by atoms with Crippen LogP contribution < -0.4 is 16.2 Å². The number of carbonyl (C=O) groups is 1. The number of benzene rings is 1. The molecular weight excluding hydrogens is 290 g/mol. The van der Waals surface area contributed by atoms with Crippen LogP contribution in [-0.2, 0) is 4.79 Å². The van der Waals surface area contributed by atoms with Crippen LogP contribution >= 0.6 is 0 Å². The minimum Gasteiger partial charge on any atom is -0.393 e. The molecule has 0 spiro atoms. The normalized spacial score (nSPS) is 31.4. The number of aliphatic hydroxyl groups excluding tert-OH is 1. The van der Waals surface area contributed by atoms with E-state index in [1.165, 1.54) is 0 Å². The maximum absolute atomic E-state index is 12.6. The van der Waals surface area contributed by atoms with Crippen LogP contribution in [0, 0.1) is 5.92 Å². The van der Waals surface area contributed by atoms with Crippen molar-refractivity contribution in [3.63, 3.8) is 0 Å². The van der Waals surface area contributed by atoms with Crippen molar-refractivity contribution in [2.45, 2.75) is 63.3 Å². The molecule has 5 heteroatoms. The molecule has 2 aliphatic rings. The summed E-state index contributed by atoms with van der Waals surface area (Å²) < 4.78 is 0. The smallest absolute Gasteiger partial charge is 0.239 e. The van der Waals surface area contributed by atoms with Crippen molar-refractivity contribution >= 4 is 5.91 Å². The highest BCUT2D eigenvalue weighted by molar-refractivity contribution is 5.82. The lowest BCUT2D eigenvalue weighted by molar-refractivity contribution is -0.124. The molecule has 3 atom stereocenters. The average molecular weight is 317 g/mol. The summed E-state index contributed by atoms with van der Waals surface area (Å²) in [4.78, 5) is 12.6. The van der Waals surface area contributed by atoms with E-state index in [9.17, 15) is 9.90 Å². The first-order valence-corrected chi connectivity index (χ1v) is 8.71. The van der Waals surface area contributed by atoms with Crippen molar-refractivity contribution in [2.24, 2.45) is 5.92 Å². The predicted octanol–water partition coefficient (Wildman–Crippen LogP) is 1.65. The molecule has 0 bridgehead atoms. The molecule has 1 saturated heterocycles. The average Bonchev–Trinajstić information content (AvgIpc) is 3.00. The molecule has 3 rings (SSSR count). The Morgan fingerprint density at radius 3 is 2.65 bits per heavy atom. The summed E-state index contributed by atoms with van der Waals surface area (Å²) in [5, 5.41) is 12.8. The molecule has 23 heavy (non-hydrogen) atoms. The molecule has 1 aliphatic carbocycles. The van der Waals surface area contributed by atoms with E-state index in [1.54, 1.807) is 0 Å². The van der Waals surface area contributed by atoms with Crippen molar-refractivity contribution in [2.75, 3.05) is 0 Å². The van der Waals surface area contributed by atoms with E-state index in [2.05, 4.69) is 35.2 Å². The minimum absolute atomic E-state index is 0.0147. The second kappa shape index (κ2) is 7.43. The molecule has 1 aliphatic heterocycles. The van der Waals surface area contributed by atoms with Crippen molar-refractivity contribution in [1.29, 1.82) is 0 Å². The van der Waals surface area contributed by atoms with E-state index in [1.807, 2.05) is 18.2 Å². The van der Waals surface area contributed by atoms with Gasteiger partial charge in [0.1, 0.15) is 6.04 Å². The Labute approximate surface area is 137 Å². The summed E-state index contributed by atoms with van der Waals surface area (Å²) in [6.45, 7) is 2.16. The first-order valence-electron chi connectivity index (χ1n) is 8.71. The van der Waals surface area contributed by atoms with Crippen LogP contribution in [0.25, 0.3) is 0 Å². The van der Waals surface area contributed by atoms with Crippen LogP contribution in [-0.4, -0.2) is 29.2 Å². The second-order valence-corrected chi connectivity index (χ2v) is 6.84. The molecule has 1 heterocycles. The monoisotopic (exact) mass is 317 g/mol. The summed E-state index contributed by atoms with van der Waals surface area (Å²) in [5.74, 6) is 0.364. The van der Waals surface area contributed by atoms with Crippen LogP contribution in [0.3, 0.4) is 0 Å². The number of amides is 1. The summed E-state index contributed by atoms with van der Waals surface area (Å²) in [5.41, 5.74) is 7.45. The van der Waals surface area contributed by atoms with E-state index in [4.69, 9.17) is 0 Å². The van der Waals surface area contributed by atoms with Crippen LogP contribution in [0.4, 0.5) is 0 Å². The van der Waals surface area contributed by atoms with Gasteiger partial charge in [0.15, 0.2) is 0 Å². The lowest BCUT2D eigenvalue weighted by atomic mass is 9.75. The van der Waals surface area contributed by atoms with Crippen molar-refractivity contribution < 1.29 is 9.90 Å². The molecule has 2 fully saturated rings. The Bertz CT molecular complexity index is 516. The number of hydrogen-bond donors (Lipinski definition) is 4. The summed E-state index contributed by atoms with van der Waals surface area (Å²) in [7, 11) is 0. The number of hydrazine groups is 1. The number of hydrogen-bond acceptors (Lipinski definition) is 4. The van der Waals surface area contributed by atoms with Gasteiger partial charge in [-0.2, -0.15) is 0 Å². The van der Waals surface area contributed by atoms with Gasteiger partial charge in [0, 0.05) is 6.04 Å². The predicted molar refractivity (Wildman–Crippen MR) is 89.4 cm³/mol. The quantitative estimate of drug-likeness (QED) is 0.644. The largest absolute Gasteiger partial charge is 0.393 e. The fourth-order valence-corrected chi connectivity index (χ4v) is 3.62. The standard InChI is InChI=1S/C18H27N3O2/c1-2-6-14-11-16(21-20-14)18(23)19-17(13-9-15(22)10-13)12-7-4-3-5-8-12/h3-5,7-8,13-17,20-22H,2,6,9-11H2,1H3,(H,19,23). The van der Waals surface area contributed by atoms with E-state index >= 15 is 0 Å². The molecule has 0 aromatic heterocycles. The van der Waals surface area contributed by atoms with Gasteiger partial charge in [-0.3, -0.25) is 10.2 Å². The van der Waals surface area contributed by atoms with Gasteiger partial charge in [-0.1, -0.05) is 43.7 Å². The SMILES string of the molecule is CCCC1CC(C(=O)NC(c2ccccc2)C2CC(O)C2)NN1. The fourth-order valence-electron chi connectivity index (χ4n) is 3.62. The van der Waals surface area contributed by atoms with Crippen LogP contribution in [0.1, 0.15) is 50.6 Å². The third-order valence-corrected chi connectivity index (χ3v) is 5.01. The van der Waals surface area contributed by atoms with Crippen LogP contribution in [0.5, 0.6) is 0 Å². The van der Waals surface area contributed by atoms with Gasteiger partial charge in [0.2, 0.25) is 5.91 Å². The molecule has 1 aromatic rings. The minimum atomic E-state index is -0.219. The molecule has 1 aromatic carbocycles.